The average Bonchev–Trinajstić information content (AvgIpc) is 3.26. The summed E-state index contributed by atoms with van der Waals surface area (Å²) in [6.45, 7) is 0.925. The van der Waals surface area contributed by atoms with Crippen molar-refractivity contribution in [2.45, 2.75) is 25.7 Å². The van der Waals surface area contributed by atoms with Crippen LogP contribution >= 0.6 is 0 Å². The van der Waals surface area contributed by atoms with Crippen molar-refractivity contribution in [1.29, 1.82) is 0 Å². The molecule has 1 aromatic heterocycles. The van der Waals surface area contributed by atoms with Crippen molar-refractivity contribution in [3.63, 3.8) is 0 Å². The summed E-state index contributed by atoms with van der Waals surface area (Å²) in [6, 6.07) is 15.0. The van der Waals surface area contributed by atoms with Gasteiger partial charge in [0.05, 0.1) is 11.1 Å². The molecule has 2 heterocycles. The van der Waals surface area contributed by atoms with Gasteiger partial charge in [0.1, 0.15) is 0 Å². The van der Waals surface area contributed by atoms with Gasteiger partial charge < -0.3 is 10.3 Å². The van der Waals surface area contributed by atoms with Crippen molar-refractivity contribution in [2.24, 2.45) is 0 Å². The lowest BCUT2D eigenvalue weighted by atomic mass is 10.1. The number of unbranched alkanes of at least 4 members (excludes halogenated alkanes) is 1. The number of carbonyl (C=O) groups excluding carboxylic acids is 3. The molecule has 6 heteroatoms. The van der Waals surface area contributed by atoms with E-state index in [-0.39, 0.29) is 17.7 Å². The van der Waals surface area contributed by atoms with Crippen LogP contribution < -0.4 is 5.32 Å². The number of fused-ring (bicyclic) bond motifs is 2. The van der Waals surface area contributed by atoms with E-state index in [9.17, 15) is 14.4 Å². The number of benzene rings is 2. The lowest BCUT2D eigenvalue weighted by Gasteiger charge is -2.13. The van der Waals surface area contributed by atoms with Crippen LogP contribution in [0.3, 0.4) is 0 Å². The number of aromatic nitrogens is 1. The van der Waals surface area contributed by atoms with Gasteiger partial charge in [-0.25, -0.2) is 0 Å². The first-order valence-electron chi connectivity index (χ1n) is 9.92. The van der Waals surface area contributed by atoms with E-state index in [0.717, 1.165) is 11.9 Å². The number of aromatic amines is 1. The summed E-state index contributed by atoms with van der Waals surface area (Å²) < 4.78 is 0. The molecule has 6 nitrogen and oxygen atoms in total. The van der Waals surface area contributed by atoms with Gasteiger partial charge in [0.25, 0.3) is 11.8 Å². The minimum Gasteiger partial charge on any atom is -0.361 e. The van der Waals surface area contributed by atoms with Gasteiger partial charge in [0, 0.05) is 36.6 Å². The quantitative estimate of drug-likeness (QED) is 0.458. The molecule has 3 aromatic rings. The van der Waals surface area contributed by atoms with E-state index >= 15 is 0 Å². The standard InChI is InChI=1S/C23H23N3O3/c27-21(24-13-12-16-15-25-20-10-4-3-7-17(16)20)11-5-6-14-26-22(28)18-8-1-2-9-19(18)23(26)29/h1-4,7-10,15,25H,5-6,11-14H2,(H,24,27). The van der Waals surface area contributed by atoms with Crippen molar-refractivity contribution < 1.29 is 14.4 Å². The van der Waals surface area contributed by atoms with Crippen LogP contribution in [0.4, 0.5) is 0 Å². The van der Waals surface area contributed by atoms with Gasteiger partial charge in [-0.05, 0) is 43.0 Å². The Morgan fingerprint density at radius 1 is 0.931 bits per heavy atom. The maximum absolute atomic E-state index is 12.3. The third-order valence-corrected chi connectivity index (χ3v) is 5.31. The topological polar surface area (TPSA) is 82.3 Å². The van der Waals surface area contributed by atoms with Crippen LogP contribution in [0.5, 0.6) is 0 Å². The number of para-hydroxylation sites is 1. The SMILES string of the molecule is O=C(CCCCN1C(=O)c2ccccc2C1=O)NCCc1c[nH]c2ccccc12. The third kappa shape index (κ3) is 3.92. The van der Waals surface area contributed by atoms with Crippen molar-refractivity contribution in [2.75, 3.05) is 13.1 Å². The van der Waals surface area contributed by atoms with Gasteiger partial charge in [0.15, 0.2) is 0 Å². The predicted octanol–water partition coefficient (Wildman–Crippen LogP) is 3.29. The summed E-state index contributed by atoms with van der Waals surface area (Å²) in [6.07, 6.45) is 4.38. The number of nitrogens with one attached hydrogen (secondary N) is 2. The second kappa shape index (κ2) is 8.31. The Hall–Kier alpha value is -3.41. The Labute approximate surface area is 168 Å². The molecule has 0 saturated carbocycles. The van der Waals surface area contributed by atoms with Crippen molar-refractivity contribution in [3.05, 3.63) is 71.4 Å². The second-order valence-electron chi connectivity index (χ2n) is 7.22. The van der Waals surface area contributed by atoms with Gasteiger partial charge in [-0.15, -0.1) is 0 Å². The molecule has 2 N–H and O–H groups in total. The molecule has 0 atom stereocenters. The van der Waals surface area contributed by atoms with E-state index in [1.165, 1.54) is 15.8 Å². The van der Waals surface area contributed by atoms with E-state index < -0.39 is 0 Å². The molecule has 3 amide bonds. The van der Waals surface area contributed by atoms with Crippen molar-refractivity contribution >= 4 is 28.6 Å². The summed E-state index contributed by atoms with van der Waals surface area (Å²) >= 11 is 0. The first-order chi connectivity index (χ1) is 14.1. The first-order valence-corrected chi connectivity index (χ1v) is 9.92. The largest absolute Gasteiger partial charge is 0.361 e. The Morgan fingerprint density at radius 2 is 1.62 bits per heavy atom. The highest BCUT2D eigenvalue weighted by atomic mass is 16.2. The van der Waals surface area contributed by atoms with Gasteiger partial charge in [-0.3, -0.25) is 19.3 Å². The van der Waals surface area contributed by atoms with Crippen LogP contribution in [-0.2, 0) is 11.2 Å². The van der Waals surface area contributed by atoms with Gasteiger partial charge in [0.2, 0.25) is 5.91 Å². The Morgan fingerprint density at radius 3 is 2.38 bits per heavy atom. The Balaban J connectivity index is 1.17. The minimum absolute atomic E-state index is 0.00722. The number of imide groups is 1. The van der Waals surface area contributed by atoms with Crippen LogP contribution in [0.15, 0.2) is 54.7 Å². The minimum atomic E-state index is -0.242. The molecule has 0 radical (unpaired) electrons. The summed E-state index contributed by atoms with van der Waals surface area (Å²) in [5.41, 5.74) is 3.22. The first kappa shape index (κ1) is 18.9. The van der Waals surface area contributed by atoms with Gasteiger partial charge in [-0.1, -0.05) is 30.3 Å². The number of rotatable bonds is 8. The smallest absolute Gasteiger partial charge is 0.261 e. The molecule has 29 heavy (non-hydrogen) atoms. The second-order valence-corrected chi connectivity index (χ2v) is 7.22. The normalized spacial score (nSPS) is 13.2. The maximum Gasteiger partial charge on any atom is 0.261 e. The zero-order chi connectivity index (χ0) is 20.2. The van der Waals surface area contributed by atoms with Gasteiger partial charge >= 0.3 is 0 Å². The number of nitrogens with zero attached hydrogens (tertiary/aromatic N) is 1. The third-order valence-electron chi connectivity index (χ3n) is 5.31. The zero-order valence-corrected chi connectivity index (χ0v) is 16.1. The number of amides is 3. The van der Waals surface area contributed by atoms with Crippen LogP contribution in [0.2, 0.25) is 0 Å². The highest BCUT2D eigenvalue weighted by Gasteiger charge is 2.34. The molecule has 148 valence electrons. The monoisotopic (exact) mass is 389 g/mol. The molecule has 1 aliphatic rings. The highest BCUT2D eigenvalue weighted by Crippen LogP contribution is 2.22. The van der Waals surface area contributed by atoms with E-state index in [1.807, 2.05) is 24.4 Å². The van der Waals surface area contributed by atoms with Crippen molar-refractivity contribution in [1.82, 2.24) is 15.2 Å². The fourth-order valence-corrected chi connectivity index (χ4v) is 3.76. The molecule has 1 aliphatic heterocycles. The van der Waals surface area contributed by atoms with E-state index in [2.05, 4.69) is 16.4 Å². The van der Waals surface area contributed by atoms with Crippen LogP contribution in [-0.4, -0.2) is 40.7 Å². The molecule has 0 bridgehead atoms. The average molecular weight is 389 g/mol. The van der Waals surface area contributed by atoms with Gasteiger partial charge in [-0.2, -0.15) is 0 Å². The van der Waals surface area contributed by atoms with Crippen LogP contribution in [0, 0.1) is 0 Å². The molecule has 0 fully saturated rings. The molecule has 0 saturated heterocycles. The number of hydrogen-bond donors (Lipinski definition) is 2. The van der Waals surface area contributed by atoms with E-state index in [4.69, 9.17) is 0 Å². The highest BCUT2D eigenvalue weighted by molar-refractivity contribution is 6.21. The summed E-state index contributed by atoms with van der Waals surface area (Å²) in [5, 5.41) is 4.13. The Bertz CT molecular complexity index is 1030. The number of hydrogen-bond acceptors (Lipinski definition) is 3. The van der Waals surface area contributed by atoms with Crippen LogP contribution in [0.25, 0.3) is 10.9 Å². The molecule has 0 aliphatic carbocycles. The summed E-state index contributed by atoms with van der Waals surface area (Å²) in [4.78, 5) is 41.2. The van der Waals surface area contributed by atoms with E-state index in [0.29, 0.717) is 43.5 Å². The predicted molar refractivity (Wildman–Crippen MR) is 111 cm³/mol. The summed E-state index contributed by atoms with van der Waals surface area (Å²) in [5.74, 6) is -0.491. The fourth-order valence-electron chi connectivity index (χ4n) is 3.76. The molecule has 2 aromatic carbocycles. The maximum atomic E-state index is 12.3. The van der Waals surface area contributed by atoms with E-state index in [1.54, 1.807) is 24.3 Å². The fraction of sp³-hybridized carbons (Fsp3) is 0.261. The molecule has 0 spiro atoms. The summed E-state index contributed by atoms with van der Waals surface area (Å²) in [7, 11) is 0. The van der Waals surface area contributed by atoms with Crippen LogP contribution in [0.1, 0.15) is 45.5 Å². The lowest BCUT2D eigenvalue weighted by Crippen LogP contribution is -2.31. The molecular weight excluding hydrogens is 366 g/mol. The zero-order valence-electron chi connectivity index (χ0n) is 16.1. The Kier molecular flexibility index (Phi) is 5.42. The number of carbonyl (C=O) groups is 3. The van der Waals surface area contributed by atoms with Crippen molar-refractivity contribution in [3.8, 4) is 0 Å². The lowest BCUT2D eigenvalue weighted by molar-refractivity contribution is -0.121. The molecule has 0 unspecified atom stereocenters. The molecule has 4 rings (SSSR count). The molecular formula is C23H23N3O3. The number of H-pyrrole nitrogens is 1.